The van der Waals surface area contributed by atoms with Crippen molar-refractivity contribution in [2.75, 3.05) is 82.1 Å². The van der Waals surface area contributed by atoms with Crippen LogP contribution in [0.4, 0.5) is 13.2 Å². The van der Waals surface area contributed by atoms with E-state index in [1.807, 2.05) is 20.8 Å². The fourth-order valence-corrected chi connectivity index (χ4v) is 13.5. The van der Waals surface area contributed by atoms with Crippen molar-refractivity contribution in [3.05, 3.63) is 68.8 Å². The summed E-state index contributed by atoms with van der Waals surface area (Å²) in [7, 11) is 9.61. The van der Waals surface area contributed by atoms with Gasteiger partial charge in [0.1, 0.15) is 47.8 Å². The summed E-state index contributed by atoms with van der Waals surface area (Å²) in [6.07, 6.45) is 1.27. The molecule has 2 aliphatic heterocycles. The maximum Gasteiger partial charge on any atom is 0.416 e. The Morgan fingerprint density at radius 2 is 1.15 bits per heavy atom. The van der Waals surface area contributed by atoms with Gasteiger partial charge in [-0.2, -0.15) is 13.2 Å². The van der Waals surface area contributed by atoms with E-state index in [0.717, 1.165) is 90.9 Å². The Balaban J connectivity index is 1.65. The van der Waals surface area contributed by atoms with E-state index in [0.29, 0.717) is 37.9 Å². The van der Waals surface area contributed by atoms with Crippen molar-refractivity contribution in [3.63, 3.8) is 0 Å². The highest BCUT2D eigenvalue weighted by molar-refractivity contribution is 14.1. The second-order valence-electron chi connectivity index (χ2n) is 29.0. The molecule has 0 bridgehead atoms. The molecule has 2 aromatic carbocycles. The lowest BCUT2D eigenvalue weighted by atomic mass is 9.84. The minimum absolute atomic E-state index is 0.00419. The molecule has 28 heteroatoms. The van der Waals surface area contributed by atoms with Gasteiger partial charge in [0.25, 0.3) is 0 Å². The summed E-state index contributed by atoms with van der Waals surface area (Å²) in [6.45, 7) is 12.6. The van der Waals surface area contributed by atoms with Crippen molar-refractivity contribution in [1.82, 2.24) is 60.5 Å². The molecule has 0 unspecified atom stereocenters. The van der Waals surface area contributed by atoms with Gasteiger partial charge in [-0.25, -0.2) is 0 Å². The standard InChI is InChI=1S/C72H108F3IN12O12/c1-16-46(6)62-69(99)83(11)42-60(91)81(9)43-61(92)85(13)56(39-47-24-19-17-20-25-47)67(97)82(10)41-58(89)77-52(38-49-26-23-27-51(76)36-49)63(93)78-54(37-48-28-30-50(31-29-48)72(73,74)75)66(96)87(15)71(7,8)70(100)79-53(34-44(2)3)65(95)86(14)57(68(98)88-32-21-18-22-33-88)40-59(90)84(12)55(35-45(4)5)64(94)80-62/h23,26-31,36,44-47,52-57,62H,16-22,24-25,32-35,37-43H2,1-15H3,(H,77,89)(H,78,93)(H,79,100)(H,80,94)/t46-,52-,53-,54-,55-,56-,57-,62-/m0/s1. The molecule has 5 rings (SSSR count). The summed E-state index contributed by atoms with van der Waals surface area (Å²) in [5.74, 6) is -9.74. The minimum atomic E-state index is -4.72. The van der Waals surface area contributed by atoms with Crippen molar-refractivity contribution in [2.45, 2.75) is 206 Å². The second kappa shape index (κ2) is 37.5. The van der Waals surface area contributed by atoms with Crippen LogP contribution in [-0.2, 0) is 76.6 Å². The average Bonchev–Trinajstić information content (AvgIpc) is 0.808. The number of likely N-dealkylation sites (N-methyl/N-ethyl adjacent to an activating group) is 7. The van der Waals surface area contributed by atoms with Crippen molar-refractivity contribution < 1.29 is 70.7 Å². The zero-order chi connectivity index (χ0) is 74.8. The first-order chi connectivity index (χ1) is 46.8. The van der Waals surface area contributed by atoms with Crippen LogP contribution >= 0.6 is 22.6 Å². The Hall–Kier alpha value is -7.40. The predicted molar refractivity (Wildman–Crippen MR) is 380 cm³/mol. The molecule has 0 aromatic heterocycles. The van der Waals surface area contributed by atoms with E-state index in [-0.39, 0.29) is 49.0 Å². The SMILES string of the molecule is CC[C@H](C)[C@@H]1NC(=O)[C@H](CC(C)C)N(C)C(=O)C[C@@H](C(=O)N2CCCCC2)N(C)C(=O)[C@H](CC(C)C)NC(=O)C(C)(C)N(C)C(=O)[C@H](Cc2ccc(C(F)(F)F)cc2)NC(=O)[C@H](Cc2cccc(I)c2)NC(=O)CN(C)C(=O)[C@H](CC2CCCCC2)N(C)C(=O)CN(C)C(=O)CN(C)C1=O. The van der Waals surface area contributed by atoms with Crippen molar-refractivity contribution in [2.24, 2.45) is 23.7 Å². The van der Waals surface area contributed by atoms with E-state index in [1.54, 1.807) is 49.9 Å². The summed E-state index contributed by atoms with van der Waals surface area (Å²) in [4.78, 5) is 187. The van der Waals surface area contributed by atoms with Gasteiger partial charge in [-0.1, -0.05) is 104 Å². The molecule has 556 valence electrons. The molecule has 0 spiro atoms. The van der Waals surface area contributed by atoms with Crippen LogP contribution in [-0.4, -0.2) is 240 Å². The van der Waals surface area contributed by atoms with Crippen LogP contribution in [0, 0.1) is 27.2 Å². The monoisotopic (exact) mass is 1520 g/mol. The zero-order valence-electron chi connectivity index (χ0n) is 61.1. The lowest BCUT2D eigenvalue weighted by Gasteiger charge is -2.39. The van der Waals surface area contributed by atoms with Crippen LogP contribution in [0.3, 0.4) is 0 Å². The Kier molecular flexibility index (Phi) is 31.2. The Morgan fingerprint density at radius 1 is 0.580 bits per heavy atom. The van der Waals surface area contributed by atoms with Gasteiger partial charge in [-0.3, -0.25) is 57.5 Å². The van der Waals surface area contributed by atoms with Gasteiger partial charge >= 0.3 is 6.18 Å². The van der Waals surface area contributed by atoms with E-state index < -0.39 is 169 Å². The summed E-state index contributed by atoms with van der Waals surface area (Å²) >= 11 is 2.08. The van der Waals surface area contributed by atoms with E-state index in [4.69, 9.17) is 0 Å². The van der Waals surface area contributed by atoms with Crippen molar-refractivity contribution in [3.8, 4) is 0 Å². The fraction of sp³-hybridized carbons (Fsp3) is 0.667. The molecular weight excluding hydrogens is 1410 g/mol. The lowest BCUT2D eigenvalue weighted by molar-refractivity contribution is -0.152. The lowest BCUT2D eigenvalue weighted by Crippen LogP contribution is -2.64. The molecule has 1 saturated carbocycles. The maximum absolute atomic E-state index is 15.3. The first-order valence-electron chi connectivity index (χ1n) is 35.0. The highest BCUT2D eigenvalue weighted by Crippen LogP contribution is 2.32. The van der Waals surface area contributed by atoms with Crippen LogP contribution in [0.1, 0.15) is 156 Å². The zero-order valence-corrected chi connectivity index (χ0v) is 63.3. The Labute approximate surface area is 601 Å². The first kappa shape index (κ1) is 83.3. The van der Waals surface area contributed by atoms with Crippen LogP contribution in [0.15, 0.2) is 48.5 Å². The first-order valence-corrected chi connectivity index (χ1v) is 36.0. The van der Waals surface area contributed by atoms with E-state index in [1.165, 1.54) is 73.0 Å². The summed E-state index contributed by atoms with van der Waals surface area (Å²) in [5.41, 5.74) is -2.14. The smallest absolute Gasteiger partial charge is 0.342 e. The second-order valence-corrected chi connectivity index (χ2v) is 30.2. The van der Waals surface area contributed by atoms with Crippen LogP contribution in [0.25, 0.3) is 0 Å². The molecule has 2 heterocycles. The molecule has 12 amide bonds. The summed E-state index contributed by atoms with van der Waals surface area (Å²) in [5, 5.41) is 11.2. The molecule has 8 atom stereocenters. The van der Waals surface area contributed by atoms with Gasteiger partial charge in [-0.05, 0) is 134 Å². The number of nitrogens with zero attached hydrogens (tertiary/aromatic N) is 8. The predicted octanol–water partition coefficient (Wildman–Crippen LogP) is 5.65. The van der Waals surface area contributed by atoms with Crippen LogP contribution in [0.5, 0.6) is 0 Å². The van der Waals surface area contributed by atoms with Gasteiger partial charge in [0, 0.05) is 78.8 Å². The number of alkyl halides is 3. The molecule has 2 saturated heterocycles. The molecular formula is C72H108F3IN12O12. The van der Waals surface area contributed by atoms with Crippen LogP contribution < -0.4 is 21.3 Å². The van der Waals surface area contributed by atoms with Gasteiger partial charge in [0.05, 0.1) is 31.6 Å². The number of halogens is 4. The summed E-state index contributed by atoms with van der Waals surface area (Å²) < 4.78 is 42.6. The quantitative estimate of drug-likeness (QED) is 0.177. The van der Waals surface area contributed by atoms with Crippen LogP contribution in [0.2, 0.25) is 0 Å². The molecule has 1 aliphatic carbocycles. The summed E-state index contributed by atoms with van der Waals surface area (Å²) in [6, 6.07) is 1.42. The average molecular weight is 1520 g/mol. The number of piperidine rings is 1. The van der Waals surface area contributed by atoms with Crippen molar-refractivity contribution in [1.29, 1.82) is 0 Å². The van der Waals surface area contributed by atoms with E-state index in [2.05, 4.69) is 43.9 Å². The molecule has 100 heavy (non-hydrogen) atoms. The molecule has 3 fully saturated rings. The van der Waals surface area contributed by atoms with Gasteiger partial charge in [0.2, 0.25) is 70.9 Å². The molecule has 24 nitrogen and oxygen atoms in total. The molecule has 4 N–H and O–H groups in total. The van der Waals surface area contributed by atoms with Gasteiger partial charge in [-0.15, -0.1) is 0 Å². The number of nitrogens with one attached hydrogen (secondary N) is 4. The highest BCUT2D eigenvalue weighted by atomic mass is 127. The fourth-order valence-electron chi connectivity index (χ4n) is 12.9. The third-order valence-corrected chi connectivity index (χ3v) is 20.5. The number of hydrogen-bond acceptors (Lipinski definition) is 12. The largest absolute Gasteiger partial charge is 0.416 e. The maximum atomic E-state index is 15.3. The van der Waals surface area contributed by atoms with E-state index in [9.17, 15) is 51.5 Å². The normalized spacial score (nSPS) is 24.5. The molecule has 0 radical (unpaired) electrons. The number of carbonyl (C=O) groups excluding carboxylic acids is 12. The molecule has 3 aliphatic rings. The number of benzene rings is 2. The highest BCUT2D eigenvalue weighted by Gasteiger charge is 2.45. The number of rotatable bonds is 13. The Bertz CT molecular complexity index is 3210. The Morgan fingerprint density at radius 3 is 1.73 bits per heavy atom. The van der Waals surface area contributed by atoms with Gasteiger partial charge in [0.15, 0.2) is 0 Å². The van der Waals surface area contributed by atoms with E-state index >= 15 is 19.2 Å². The molecule has 2 aromatic rings. The number of likely N-dealkylation sites (tertiary alicyclic amines) is 1. The minimum Gasteiger partial charge on any atom is -0.342 e. The van der Waals surface area contributed by atoms with Crippen molar-refractivity contribution >= 4 is 93.5 Å². The van der Waals surface area contributed by atoms with Gasteiger partial charge < -0.3 is 60.5 Å². The third kappa shape index (κ3) is 23.3. The third-order valence-electron chi connectivity index (χ3n) is 19.9. The number of hydrogen-bond donors (Lipinski definition) is 4. The number of carbonyl (C=O) groups is 12. The number of amides is 12. The topological polar surface area (TPSA) is 279 Å².